The van der Waals surface area contributed by atoms with Gasteiger partial charge < -0.3 is 19.9 Å². The average Bonchev–Trinajstić information content (AvgIpc) is 2.87. The summed E-state index contributed by atoms with van der Waals surface area (Å²) >= 11 is 0. The Morgan fingerprint density at radius 1 is 1.11 bits per heavy atom. The van der Waals surface area contributed by atoms with Crippen molar-refractivity contribution in [3.05, 3.63) is 36.3 Å². The lowest BCUT2D eigenvalue weighted by Gasteiger charge is -2.42. The highest BCUT2D eigenvalue weighted by molar-refractivity contribution is 7.74. The molecule has 204 valence electrons. The highest BCUT2D eigenvalue weighted by Gasteiger charge is 2.34. The van der Waals surface area contributed by atoms with Gasteiger partial charge in [0, 0.05) is 72.5 Å². The van der Waals surface area contributed by atoms with E-state index in [-0.39, 0.29) is 23.6 Å². The van der Waals surface area contributed by atoms with E-state index in [0.717, 1.165) is 35.2 Å². The Bertz CT molecular complexity index is 1370. The lowest BCUT2D eigenvalue weighted by atomic mass is 9.94. The summed E-state index contributed by atoms with van der Waals surface area (Å²) in [6.45, 7) is 8.44. The van der Waals surface area contributed by atoms with E-state index in [1.165, 1.54) is 7.11 Å². The van der Waals surface area contributed by atoms with Crippen LogP contribution in [0, 0.1) is 10.7 Å². The number of nitrogens with one attached hydrogen (secondary N) is 2. The van der Waals surface area contributed by atoms with Crippen LogP contribution in [0.25, 0.3) is 10.8 Å². The number of alkyl halides is 1. The van der Waals surface area contributed by atoms with Crippen molar-refractivity contribution in [3.63, 3.8) is 0 Å². The van der Waals surface area contributed by atoms with Gasteiger partial charge in [0.25, 0.3) is 0 Å². The van der Waals surface area contributed by atoms with Crippen LogP contribution in [0.1, 0.15) is 38.7 Å². The summed E-state index contributed by atoms with van der Waals surface area (Å²) in [6, 6.07) is 3.78. The molecule has 2 aliphatic heterocycles. The Kier molecular flexibility index (Phi) is 7.62. The van der Waals surface area contributed by atoms with Crippen molar-refractivity contribution in [1.29, 1.82) is 4.78 Å². The largest absolute Gasteiger partial charge is 0.378 e. The molecule has 0 saturated carbocycles. The fraction of sp³-hybridized carbons (Fsp3) is 0.538. The molecule has 2 saturated heterocycles. The predicted octanol–water partition coefficient (Wildman–Crippen LogP) is 3.92. The van der Waals surface area contributed by atoms with E-state index >= 15 is 0 Å². The molecule has 2 N–H and O–H groups in total. The van der Waals surface area contributed by atoms with Gasteiger partial charge in [0.05, 0.1) is 12.6 Å². The number of methoxy groups -OCH3 is 1. The maximum absolute atomic E-state index is 14.4. The monoisotopic (exact) mass is 542 g/mol. The van der Waals surface area contributed by atoms with E-state index in [9.17, 15) is 8.60 Å². The highest BCUT2D eigenvalue weighted by Crippen LogP contribution is 2.36. The van der Waals surface area contributed by atoms with E-state index in [1.807, 2.05) is 30.3 Å². The molecule has 5 heterocycles. The van der Waals surface area contributed by atoms with Crippen LogP contribution in [0.2, 0.25) is 0 Å². The smallest absolute Gasteiger partial charge is 0.227 e. The van der Waals surface area contributed by atoms with E-state index in [4.69, 9.17) is 14.5 Å². The summed E-state index contributed by atoms with van der Waals surface area (Å²) in [5, 5.41) is 5.18. The number of nitrogens with zero attached hydrogens (tertiary/aromatic N) is 6. The van der Waals surface area contributed by atoms with Crippen molar-refractivity contribution in [3.8, 4) is 0 Å². The van der Waals surface area contributed by atoms with Crippen LogP contribution in [-0.4, -0.2) is 75.0 Å². The third-order valence-electron chi connectivity index (χ3n) is 7.63. The van der Waals surface area contributed by atoms with Gasteiger partial charge in [0.1, 0.15) is 23.6 Å². The molecule has 0 spiro atoms. The van der Waals surface area contributed by atoms with Crippen LogP contribution in [0.3, 0.4) is 0 Å². The summed E-state index contributed by atoms with van der Waals surface area (Å²) in [5.41, 5.74) is 1.12. The summed E-state index contributed by atoms with van der Waals surface area (Å²) in [7, 11) is -0.398. The maximum Gasteiger partial charge on any atom is 0.227 e. The molecular formula is C26H35FN8O2S. The summed E-state index contributed by atoms with van der Waals surface area (Å²) in [4.78, 5) is 22.4. The predicted molar refractivity (Wildman–Crippen MR) is 149 cm³/mol. The highest BCUT2D eigenvalue weighted by atomic mass is 32.2. The lowest BCUT2D eigenvalue weighted by molar-refractivity contribution is 0.0194. The SMILES string of the molecule is CO[C@H]1CCN(c2nccc(Nc3cc4c(C(C)C)cnc(N5CC([C@H](C)[SH](=N)=O)C5)c4cn3)n2)C[C@H]1F. The number of fused-ring (bicyclic) bond motifs is 1. The molecule has 38 heavy (non-hydrogen) atoms. The molecule has 5 rings (SSSR count). The summed E-state index contributed by atoms with van der Waals surface area (Å²) < 4.78 is 38.8. The number of rotatable bonds is 8. The van der Waals surface area contributed by atoms with Crippen LogP contribution in [0.15, 0.2) is 30.7 Å². The Hall–Kier alpha value is -3.12. The summed E-state index contributed by atoms with van der Waals surface area (Å²) in [5.74, 6) is 3.04. The molecule has 0 radical (unpaired) electrons. The molecule has 0 aromatic carbocycles. The second-order valence-corrected chi connectivity index (χ2v) is 11.9. The Balaban J connectivity index is 1.38. The van der Waals surface area contributed by atoms with E-state index in [1.54, 1.807) is 12.3 Å². The first-order valence-corrected chi connectivity index (χ1v) is 14.3. The molecule has 0 bridgehead atoms. The number of halogens is 1. The first-order chi connectivity index (χ1) is 18.2. The van der Waals surface area contributed by atoms with E-state index < -0.39 is 22.9 Å². The minimum Gasteiger partial charge on any atom is -0.378 e. The van der Waals surface area contributed by atoms with Gasteiger partial charge >= 0.3 is 0 Å². The maximum atomic E-state index is 14.4. The first-order valence-electron chi connectivity index (χ1n) is 13.0. The Labute approximate surface area is 224 Å². The topological polar surface area (TPSA) is 120 Å². The molecule has 12 heteroatoms. The van der Waals surface area contributed by atoms with Crippen molar-refractivity contribution in [2.75, 3.05) is 48.4 Å². The minimum atomic E-state index is -1.94. The number of ether oxygens (including phenoxy) is 1. The third-order valence-corrected chi connectivity index (χ3v) is 8.79. The van der Waals surface area contributed by atoms with Crippen LogP contribution in [-0.2, 0) is 15.3 Å². The van der Waals surface area contributed by atoms with Gasteiger partial charge in [0.15, 0.2) is 0 Å². The van der Waals surface area contributed by atoms with Crippen molar-refractivity contribution in [2.24, 2.45) is 5.92 Å². The van der Waals surface area contributed by atoms with Crippen LogP contribution in [0.5, 0.6) is 0 Å². The van der Waals surface area contributed by atoms with Gasteiger partial charge in [-0.1, -0.05) is 13.8 Å². The second-order valence-electron chi connectivity index (χ2n) is 10.4. The number of aromatic nitrogens is 4. The molecule has 2 aliphatic rings. The quantitative estimate of drug-likeness (QED) is 0.364. The third kappa shape index (κ3) is 5.24. The Morgan fingerprint density at radius 3 is 2.58 bits per heavy atom. The fourth-order valence-corrected chi connectivity index (χ4v) is 5.71. The molecule has 3 aromatic rings. The first kappa shape index (κ1) is 26.5. The van der Waals surface area contributed by atoms with Crippen LogP contribution >= 0.6 is 0 Å². The molecular weight excluding hydrogens is 507 g/mol. The van der Waals surface area contributed by atoms with Crippen LogP contribution in [0.4, 0.5) is 27.8 Å². The van der Waals surface area contributed by atoms with Crippen molar-refractivity contribution in [1.82, 2.24) is 19.9 Å². The molecule has 3 aromatic heterocycles. The molecule has 10 nitrogen and oxygen atoms in total. The Morgan fingerprint density at radius 2 is 1.89 bits per heavy atom. The zero-order valence-corrected chi connectivity index (χ0v) is 23.0. The normalized spacial score (nSPS) is 21.9. The summed E-state index contributed by atoms with van der Waals surface area (Å²) in [6.07, 6.45) is 4.52. The van der Waals surface area contributed by atoms with Gasteiger partial charge in [-0.2, -0.15) is 4.98 Å². The zero-order valence-electron chi connectivity index (χ0n) is 22.1. The number of hydrogen-bond acceptors (Lipinski definition) is 10. The van der Waals surface area contributed by atoms with Crippen LogP contribution < -0.4 is 15.1 Å². The number of thiol groups is 1. The molecule has 2 fully saturated rings. The standard InChI is InChI=1S/C26H35FN8O2S/c1-15(2)19-10-31-25(35-12-17(13-35)16(3)38(28)36)20-11-30-24(9-18(19)20)32-23-5-7-29-26(33-23)34-8-6-22(37-4)21(27)14-34/h5,7,9-11,15-17,21-22,28,38H,6,8,12-14H2,1-4H3,(H,29,30,32,33)/t16-,21+,22-/m0/s1. The lowest BCUT2D eigenvalue weighted by Crippen LogP contribution is -2.52. The minimum absolute atomic E-state index is 0.128. The molecule has 4 atom stereocenters. The van der Waals surface area contributed by atoms with Gasteiger partial charge in [-0.05, 0) is 42.3 Å². The van der Waals surface area contributed by atoms with E-state index in [0.29, 0.717) is 30.5 Å². The van der Waals surface area contributed by atoms with Gasteiger partial charge in [-0.25, -0.2) is 19.3 Å². The zero-order chi connectivity index (χ0) is 27.0. The van der Waals surface area contributed by atoms with Crippen molar-refractivity contribution < 1.29 is 13.3 Å². The van der Waals surface area contributed by atoms with Crippen molar-refractivity contribution >= 4 is 44.8 Å². The van der Waals surface area contributed by atoms with Crippen molar-refractivity contribution in [2.45, 2.75) is 50.6 Å². The number of hydrogen-bond donors (Lipinski definition) is 3. The van der Waals surface area contributed by atoms with Gasteiger partial charge in [-0.15, -0.1) is 0 Å². The number of pyridine rings is 2. The van der Waals surface area contributed by atoms with Gasteiger partial charge in [-0.3, -0.25) is 8.99 Å². The molecule has 0 amide bonds. The number of anilines is 4. The second kappa shape index (κ2) is 10.9. The average molecular weight is 543 g/mol. The van der Waals surface area contributed by atoms with Gasteiger partial charge in [0.2, 0.25) is 5.95 Å². The molecule has 1 unspecified atom stereocenters. The molecule has 0 aliphatic carbocycles. The number of piperidine rings is 1. The van der Waals surface area contributed by atoms with E-state index in [2.05, 4.69) is 39.0 Å². The fourth-order valence-electron chi connectivity index (χ4n) is 5.14.